The van der Waals surface area contributed by atoms with Gasteiger partial charge in [0, 0.05) is 29.7 Å². The van der Waals surface area contributed by atoms with Crippen LogP contribution in [0.25, 0.3) is 0 Å². The molecule has 0 aromatic heterocycles. The standard InChI is InChI=1S/C16H23BrFN3O.HI/c1-3-19-15(21-11-16(2)7-4-8-22-16)20-10-12-9-13(17)5-6-14(12)18;/h5-6,9H,3-4,7-8,10-11H2,1-2H3,(H2,19,20,21);1H. The molecule has 1 saturated heterocycles. The zero-order valence-corrected chi connectivity index (χ0v) is 17.4. The van der Waals surface area contributed by atoms with E-state index < -0.39 is 0 Å². The molecule has 1 fully saturated rings. The zero-order chi connectivity index (χ0) is 16.0. The molecule has 130 valence electrons. The van der Waals surface area contributed by atoms with Gasteiger partial charge in [-0.15, -0.1) is 24.0 Å². The third-order valence-corrected chi connectivity index (χ3v) is 4.18. The second-order valence-corrected chi connectivity index (χ2v) is 6.60. The molecular weight excluding hydrogens is 476 g/mol. The van der Waals surface area contributed by atoms with E-state index in [-0.39, 0.29) is 41.9 Å². The second kappa shape index (κ2) is 9.78. The minimum atomic E-state index is -0.242. The minimum Gasteiger partial charge on any atom is -0.373 e. The summed E-state index contributed by atoms with van der Waals surface area (Å²) in [5.41, 5.74) is 0.423. The highest BCUT2D eigenvalue weighted by Crippen LogP contribution is 2.23. The first-order chi connectivity index (χ1) is 10.5. The Labute approximate surface area is 162 Å². The third kappa shape index (κ3) is 6.54. The van der Waals surface area contributed by atoms with Crippen molar-refractivity contribution in [1.82, 2.24) is 10.6 Å². The van der Waals surface area contributed by atoms with Crippen molar-refractivity contribution >= 4 is 45.9 Å². The van der Waals surface area contributed by atoms with Gasteiger partial charge in [-0.2, -0.15) is 0 Å². The third-order valence-electron chi connectivity index (χ3n) is 3.69. The van der Waals surface area contributed by atoms with Crippen LogP contribution in [0.15, 0.2) is 27.7 Å². The van der Waals surface area contributed by atoms with Crippen molar-refractivity contribution in [3.63, 3.8) is 0 Å². The van der Waals surface area contributed by atoms with Crippen molar-refractivity contribution in [1.29, 1.82) is 0 Å². The molecule has 23 heavy (non-hydrogen) atoms. The van der Waals surface area contributed by atoms with Gasteiger partial charge in [-0.25, -0.2) is 9.38 Å². The fourth-order valence-corrected chi connectivity index (χ4v) is 2.83. The number of halogens is 3. The number of hydrogen-bond acceptors (Lipinski definition) is 2. The molecule has 0 saturated carbocycles. The Morgan fingerprint density at radius 3 is 2.87 bits per heavy atom. The van der Waals surface area contributed by atoms with E-state index in [1.807, 2.05) is 6.92 Å². The Morgan fingerprint density at radius 1 is 1.43 bits per heavy atom. The summed E-state index contributed by atoms with van der Waals surface area (Å²) in [6.07, 6.45) is 2.13. The van der Waals surface area contributed by atoms with Crippen molar-refractivity contribution in [2.24, 2.45) is 4.99 Å². The molecule has 1 aliphatic rings. The number of nitrogens with zero attached hydrogens (tertiary/aromatic N) is 1. The Kier molecular flexibility index (Phi) is 8.78. The first kappa shape index (κ1) is 20.6. The van der Waals surface area contributed by atoms with E-state index in [9.17, 15) is 4.39 Å². The number of hydrogen-bond donors (Lipinski definition) is 2. The smallest absolute Gasteiger partial charge is 0.191 e. The molecule has 1 atom stereocenters. The van der Waals surface area contributed by atoms with Crippen molar-refractivity contribution in [3.8, 4) is 0 Å². The predicted molar refractivity (Wildman–Crippen MR) is 106 cm³/mol. The maximum absolute atomic E-state index is 13.7. The van der Waals surface area contributed by atoms with Crippen LogP contribution in [0.2, 0.25) is 0 Å². The Morgan fingerprint density at radius 2 is 2.22 bits per heavy atom. The maximum atomic E-state index is 13.7. The van der Waals surface area contributed by atoms with Gasteiger partial charge < -0.3 is 15.4 Å². The summed E-state index contributed by atoms with van der Waals surface area (Å²) >= 11 is 3.35. The van der Waals surface area contributed by atoms with E-state index in [0.29, 0.717) is 18.1 Å². The lowest BCUT2D eigenvalue weighted by atomic mass is 10.0. The zero-order valence-electron chi connectivity index (χ0n) is 13.5. The van der Waals surface area contributed by atoms with Gasteiger partial charge in [0.15, 0.2) is 5.96 Å². The van der Waals surface area contributed by atoms with Crippen LogP contribution in [0.4, 0.5) is 4.39 Å². The quantitative estimate of drug-likeness (QED) is 0.367. The van der Waals surface area contributed by atoms with Gasteiger partial charge in [0.2, 0.25) is 0 Å². The largest absolute Gasteiger partial charge is 0.373 e. The summed E-state index contributed by atoms with van der Waals surface area (Å²) in [5, 5.41) is 6.46. The number of ether oxygens (including phenoxy) is 1. The molecule has 2 rings (SSSR count). The highest BCUT2D eigenvalue weighted by Gasteiger charge is 2.29. The van der Waals surface area contributed by atoms with E-state index >= 15 is 0 Å². The lowest BCUT2D eigenvalue weighted by molar-refractivity contribution is 0.0243. The maximum Gasteiger partial charge on any atom is 0.191 e. The fraction of sp³-hybridized carbons (Fsp3) is 0.562. The predicted octanol–water partition coefficient (Wildman–Crippen LogP) is 3.83. The summed E-state index contributed by atoms with van der Waals surface area (Å²) in [7, 11) is 0. The molecular formula is C16H24BrFIN3O. The number of nitrogens with one attached hydrogen (secondary N) is 2. The van der Waals surface area contributed by atoms with Gasteiger partial charge in [-0.3, -0.25) is 0 Å². The Balaban J connectivity index is 0.00000264. The number of benzene rings is 1. The van der Waals surface area contributed by atoms with E-state index in [2.05, 4.69) is 38.5 Å². The van der Waals surface area contributed by atoms with E-state index in [1.165, 1.54) is 6.07 Å². The Hall–Kier alpha value is -0.410. The van der Waals surface area contributed by atoms with Gasteiger partial charge in [-0.1, -0.05) is 15.9 Å². The van der Waals surface area contributed by atoms with Gasteiger partial charge in [0.1, 0.15) is 5.82 Å². The van der Waals surface area contributed by atoms with Gasteiger partial charge in [0.05, 0.1) is 12.1 Å². The van der Waals surface area contributed by atoms with Gasteiger partial charge in [-0.05, 0) is 44.9 Å². The molecule has 4 nitrogen and oxygen atoms in total. The summed E-state index contributed by atoms with van der Waals surface area (Å²) in [4.78, 5) is 4.46. The molecule has 1 heterocycles. The van der Waals surface area contributed by atoms with Crippen LogP contribution < -0.4 is 10.6 Å². The molecule has 2 N–H and O–H groups in total. The minimum absolute atomic E-state index is 0. The molecule has 0 bridgehead atoms. The SMILES string of the molecule is CCNC(=NCc1cc(Br)ccc1F)NCC1(C)CCCO1.I. The molecule has 0 aliphatic carbocycles. The van der Waals surface area contributed by atoms with Crippen LogP contribution in [-0.2, 0) is 11.3 Å². The first-order valence-corrected chi connectivity index (χ1v) is 8.42. The second-order valence-electron chi connectivity index (χ2n) is 5.69. The average molecular weight is 500 g/mol. The van der Waals surface area contributed by atoms with Crippen LogP contribution in [-0.4, -0.2) is 31.3 Å². The molecule has 0 spiro atoms. The monoisotopic (exact) mass is 499 g/mol. The average Bonchev–Trinajstić information content (AvgIpc) is 2.92. The lowest BCUT2D eigenvalue weighted by Crippen LogP contribution is -2.45. The molecule has 1 aromatic carbocycles. The molecule has 1 aromatic rings. The molecule has 0 radical (unpaired) electrons. The normalized spacial score (nSPS) is 21.0. The van der Waals surface area contributed by atoms with Crippen LogP contribution in [0.1, 0.15) is 32.3 Å². The molecule has 7 heteroatoms. The van der Waals surface area contributed by atoms with Crippen LogP contribution in [0, 0.1) is 5.82 Å². The van der Waals surface area contributed by atoms with Gasteiger partial charge in [0.25, 0.3) is 0 Å². The molecule has 0 amide bonds. The van der Waals surface area contributed by atoms with Crippen LogP contribution in [0.5, 0.6) is 0 Å². The number of aliphatic imine (C=N–C) groups is 1. The fourth-order valence-electron chi connectivity index (χ4n) is 2.42. The molecule has 1 unspecified atom stereocenters. The Bertz CT molecular complexity index is 536. The van der Waals surface area contributed by atoms with E-state index in [0.717, 1.165) is 30.5 Å². The highest BCUT2D eigenvalue weighted by molar-refractivity contribution is 14.0. The number of rotatable bonds is 5. The molecule has 1 aliphatic heterocycles. The summed E-state index contributed by atoms with van der Waals surface area (Å²) in [5.74, 6) is 0.437. The topological polar surface area (TPSA) is 45.7 Å². The van der Waals surface area contributed by atoms with Crippen molar-refractivity contribution in [2.45, 2.75) is 38.8 Å². The van der Waals surface area contributed by atoms with Crippen molar-refractivity contribution in [2.75, 3.05) is 19.7 Å². The van der Waals surface area contributed by atoms with Crippen LogP contribution >= 0.6 is 39.9 Å². The summed E-state index contributed by atoms with van der Waals surface area (Å²) in [6, 6.07) is 4.89. The first-order valence-electron chi connectivity index (χ1n) is 7.62. The number of guanidine groups is 1. The lowest BCUT2D eigenvalue weighted by Gasteiger charge is -2.24. The van der Waals surface area contributed by atoms with Gasteiger partial charge >= 0.3 is 0 Å². The van der Waals surface area contributed by atoms with E-state index in [4.69, 9.17) is 4.74 Å². The van der Waals surface area contributed by atoms with Crippen molar-refractivity contribution in [3.05, 3.63) is 34.1 Å². The summed E-state index contributed by atoms with van der Waals surface area (Å²) < 4.78 is 20.4. The summed E-state index contributed by atoms with van der Waals surface area (Å²) in [6.45, 7) is 6.66. The van der Waals surface area contributed by atoms with Crippen molar-refractivity contribution < 1.29 is 9.13 Å². The van der Waals surface area contributed by atoms with Crippen LogP contribution in [0.3, 0.4) is 0 Å². The van der Waals surface area contributed by atoms with E-state index in [1.54, 1.807) is 12.1 Å². The highest BCUT2D eigenvalue weighted by atomic mass is 127.